The molecule has 0 aliphatic carbocycles. The molecule has 1 aromatic rings. The summed E-state index contributed by atoms with van der Waals surface area (Å²) in [6.45, 7) is 0. The maximum Gasteiger partial charge on any atom is 0.224 e. The van der Waals surface area contributed by atoms with Crippen LogP contribution < -0.4 is 15.8 Å². The zero-order valence-electron chi connectivity index (χ0n) is 13.0. The molecule has 2 bridgehead atoms. The fraction of sp³-hybridized carbons (Fsp3) is 0.562. The second-order valence-corrected chi connectivity index (χ2v) is 8.35. The van der Waals surface area contributed by atoms with Gasteiger partial charge >= 0.3 is 0 Å². The smallest absolute Gasteiger partial charge is 0.224 e. The molecule has 2 unspecified atom stereocenters. The van der Waals surface area contributed by atoms with Crippen molar-refractivity contribution in [3.05, 3.63) is 29.8 Å². The summed E-state index contributed by atoms with van der Waals surface area (Å²) in [5.41, 5.74) is 1.30. The number of benzene rings is 1. The molecule has 0 radical (unpaired) electrons. The third kappa shape index (κ3) is 4.76. The number of carbonyl (C=O) groups excluding carboxylic acids is 1. The van der Waals surface area contributed by atoms with Crippen molar-refractivity contribution in [2.45, 2.75) is 49.9 Å². The third-order valence-corrected chi connectivity index (χ3v) is 5.39. The predicted molar refractivity (Wildman–Crippen MR) is 89.2 cm³/mol. The summed E-state index contributed by atoms with van der Waals surface area (Å²) in [6, 6.07) is 7.94. The monoisotopic (exact) mass is 337 g/mol. The first-order valence-corrected chi connectivity index (χ1v) is 9.74. The number of nitrogens with one attached hydrogen (secondary N) is 2. The number of hydrogen-bond donors (Lipinski definition) is 3. The topological polar surface area (TPSA) is 101 Å². The zero-order valence-corrected chi connectivity index (χ0v) is 13.8. The molecular formula is C16H23N3O3S. The lowest BCUT2D eigenvalue weighted by Crippen LogP contribution is -2.39. The Morgan fingerprint density at radius 2 is 1.78 bits per heavy atom. The predicted octanol–water partition coefficient (Wildman–Crippen LogP) is 1.33. The number of piperidine rings is 1. The number of anilines is 1. The van der Waals surface area contributed by atoms with Gasteiger partial charge in [0, 0.05) is 24.2 Å². The van der Waals surface area contributed by atoms with Crippen molar-refractivity contribution in [3.63, 3.8) is 0 Å². The number of amides is 1. The second kappa shape index (κ2) is 6.59. The molecule has 2 fully saturated rings. The van der Waals surface area contributed by atoms with Crippen LogP contribution in [0.2, 0.25) is 0 Å². The number of primary sulfonamides is 1. The summed E-state index contributed by atoms with van der Waals surface area (Å²) < 4.78 is 22.1. The van der Waals surface area contributed by atoms with Crippen LogP contribution in [0, 0.1) is 5.92 Å². The molecule has 1 aromatic carbocycles. The second-order valence-electron chi connectivity index (χ2n) is 6.73. The van der Waals surface area contributed by atoms with E-state index in [0.29, 0.717) is 35.7 Å². The van der Waals surface area contributed by atoms with Crippen molar-refractivity contribution < 1.29 is 13.2 Å². The van der Waals surface area contributed by atoms with Crippen molar-refractivity contribution in [2.24, 2.45) is 11.1 Å². The van der Waals surface area contributed by atoms with Gasteiger partial charge in [0.1, 0.15) is 0 Å². The van der Waals surface area contributed by atoms with Gasteiger partial charge in [0.15, 0.2) is 0 Å². The first-order chi connectivity index (χ1) is 10.9. The Morgan fingerprint density at radius 1 is 1.17 bits per heavy atom. The SMILES string of the molecule is NS(=O)(=O)Cc1ccc(NC(=O)CC2CC3CCC(C2)N3)cc1. The molecule has 0 saturated carbocycles. The summed E-state index contributed by atoms with van der Waals surface area (Å²) in [6.07, 6.45) is 5.17. The molecule has 4 N–H and O–H groups in total. The lowest BCUT2D eigenvalue weighted by molar-refractivity contribution is -0.117. The van der Waals surface area contributed by atoms with Crippen LogP contribution >= 0.6 is 0 Å². The van der Waals surface area contributed by atoms with E-state index < -0.39 is 10.0 Å². The Hall–Kier alpha value is -1.44. The van der Waals surface area contributed by atoms with Gasteiger partial charge in [-0.2, -0.15) is 0 Å². The fourth-order valence-electron chi connectivity index (χ4n) is 3.73. The van der Waals surface area contributed by atoms with E-state index in [-0.39, 0.29) is 11.7 Å². The first kappa shape index (κ1) is 16.4. The van der Waals surface area contributed by atoms with E-state index in [9.17, 15) is 13.2 Å². The number of rotatable bonds is 5. The van der Waals surface area contributed by atoms with Crippen LogP contribution in [0.5, 0.6) is 0 Å². The molecule has 6 nitrogen and oxygen atoms in total. The lowest BCUT2D eigenvalue weighted by Gasteiger charge is -2.28. The van der Waals surface area contributed by atoms with Gasteiger partial charge in [0.05, 0.1) is 5.75 Å². The van der Waals surface area contributed by atoms with E-state index >= 15 is 0 Å². The molecule has 7 heteroatoms. The minimum absolute atomic E-state index is 0.0236. The molecule has 2 aliphatic rings. The minimum Gasteiger partial charge on any atom is -0.326 e. The Labute approximate surface area is 136 Å². The quantitative estimate of drug-likeness (QED) is 0.754. The van der Waals surface area contributed by atoms with Crippen LogP contribution in [-0.2, 0) is 20.6 Å². The average molecular weight is 337 g/mol. The van der Waals surface area contributed by atoms with E-state index in [2.05, 4.69) is 10.6 Å². The summed E-state index contributed by atoms with van der Waals surface area (Å²) in [5, 5.41) is 11.5. The van der Waals surface area contributed by atoms with Crippen LogP contribution in [0.1, 0.15) is 37.7 Å². The van der Waals surface area contributed by atoms with E-state index in [4.69, 9.17) is 5.14 Å². The minimum atomic E-state index is -3.53. The van der Waals surface area contributed by atoms with E-state index in [1.807, 2.05) is 0 Å². The largest absolute Gasteiger partial charge is 0.326 e. The summed E-state index contributed by atoms with van der Waals surface area (Å²) in [7, 11) is -3.53. The van der Waals surface area contributed by atoms with Crippen LogP contribution in [0.4, 0.5) is 5.69 Å². The number of carbonyl (C=O) groups is 1. The van der Waals surface area contributed by atoms with Gasteiger partial charge in [-0.15, -0.1) is 0 Å². The Bertz CT molecular complexity index is 660. The van der Waals surface area contributed by atoms with Gasteiger partial charge in [-0.3, -0.25) is 4.79 Å². The van der Waals surface area contributed by atoms with Crippen LogP contribution in [0.15, 0.2) is 24.3 Å². The van der Waals surface area contributed by atoms with Gasteiger partial charge < -0.3 is 10.6 Å². The molecular weight excluding hydrogens is 314 g/mol. The van der Waals surface area contributed by atoms with Crippen molar-refractivity contribution in [1.29, 1.82) is 0 Å². The van der Waals surface area contributed by atoms with Gasteiger partial charge in [0.25, 0.3) is 0 Å². The van der Waals surface area contributed by atoms with Crippen molar-refractivity contribution >= 4 is 21.6 Å². The number of sulfonamides is 1. The highest BCUT2D eigenvalue weighted by Crippen LogP contribution is 2.32. The number of fused-ring (bicyclic) bond motifs is 2. The molecule has 2 aliphatic heterocycles. The normalized spacial score (nSPS) is 26.9. The molecule has 0 spiro atoms. The highest BCUT2D eigenvalue weighted by atomic mass is 32.2. The Kier molecular flexibility index (Phi) is 4.70. The third-order valence-electron chi connectivity index (χ3n) is 4.65. The molecule has 23 heavy (non-hydrogen) atoms. The standard InChI is InChI=1S/C16H23N3O3S/c17-23(21,22)10-11-1-3-13(4-2-11)19-16(20)9-12-7-14-5-6-15(8-12)18-14/h1-4,12,14-15,18H,5-10H2,(H,19,20)(H2,17,21,22). The highest BCUT2D eigenvalue weighted by molar-refractivity contribution is 7.88. The summed E-state index contributed by atoms with van der Waals surface area (Å²) >= 11 is 0. The number of hydrogen-bond acceptors (Lipinski definition) is 4. The first-order valence-electron chi connectivity index (χ1n) is 8.03. The Morgan fingerprint density at radius 3 is 2.35 bits per heavy atom. The molecule has 2 heterocycles. The van der Waals surface area contributed by atoms with Gasteiger partial charge in [-0.25, -0.2) is 13.6 Å². The molecule has 0 aromatic heterocycles. The van der Waals surface area contributed by atoms with Gasteiger partial charge in [0.2, 0.25) is 15.9 Å². The molecule has 3 rings (SSSR count). The van der Waals surface area contributed by atoms with Crippen molar-refractivity contribution in [2.75, 3.05) is 5.32 Å². The average Bonchev–Trinajstić information content (AvgIpc) is 2.78. The van der Waals surface area contributed by atoms with Crippen LogP contribution in [0.3, 0.4) is 0 Å². The van der Waals surface area contributed by atoms with E-state index in [1.165, 1.54) is 12.8 Å². The van der Waals surface area contributed by atoms with Crippen molar-refractivity contribution in [3.8, 4) is 0 Å². The van der Waals surface area contributed by atoms with E-state index in [0.717, 1.165) is 12.8 Å². The molecule has 2 atom stereocenters. The highest BCUT2D eigenvalue weighted by Gasteiger charge is 2.34. The molecule has 2 saturated heterocycles. The summed E-state index contributed by atoms with van der Waals surface area (Å²) in [5.74, 6) is 0.282. The lowest BCUT2D eigenvalue weighted by atomic mass is 9.89. The maximum atomic E-state index is 12.2. The van der Waals surface area contributed by atoms with Gasteiger partial charge in [-0.05, 0) is 49.3 Å². The number of nitrogens with two attached hydrogens (primary N) is 1. The summed E-state index contributed by atoms with van der Waals surface area (Å²) in [4.78, 5) is 12.2. The van der Waals surface area contributed by atoms with Crippen LogP contribution in [-0.4, -0.2) is 26.4 Å². The zero-order chi connectivity index (χ0) is 16.4. The maximum absolute atomic E-state index is 12.2. The van der Waals surface area contributed by atoms with Crippen molar-refractivity contribution in [1.82, 2.24) is 5.32 Å². The fourth-order valence-corrected chi connectivity index (χ4v) is 4.39. The van der Waals surface area contributed by atoms with Crippen LogP contribution in [0.25, 0.3) is 0 Å². The molecule has 1 amide bonds. The Balaban J connectivity index is 1.51. The van der Waals surface area contributed by atoms with Gasteiger partial charge in [-0.1, -0.05) is 12.1 Å². The molecule has 126 valence electrons. The van der Waals surface area contributed by atoms with E-state index in [1.54, 1.807) is 24.3 Å².